The minimum atomic E-state index is -0.198. The van der Waals surface area contributed by atoms with E-state index in [9.17, 15) is 4.79 Å². The molecule has 1 heterocycles. The summed E-state index contributed by atoms with van der Waals surface area (Å²) in [7, 11) is 0. The Morgan fingerprint density at radius 2 is 1.66 bits per heavy atom. The quantitative estimate of drug-likeness (QED) is 0.290. The summed E-state index contributed by atoms with van der Waals surface area (Å²) in [6.07, 6.45) is 0. The Labute approximate surface area is 204 Å². The number of anilines is 1. The number of thioether (sulfide) groups is 1. The molecule has 4 aromatic rings. The Bertz CT molecular complexity index is 1260. The molecule has 1 amide bonds. The molecular weight excluding hydrogens is 487 g/mol. The number of hydrogen-bond donors (Lipinski definition) is 1. The van der Waals surface area contributed by atoms with Crippen LogP contribution in [0.25, 0.3) is 17.1 Å². The summed E-state index contributed by atoms with van der Waals surface area (Å²) in [6.45, 7) is 2.03. The average molecular weight is 504 g/mol. The number of carbonyl (C=O) groups excluding carboxylic acids is 1. The number of hydrogen-bond acceptors (Lipinski definition) is 4. The third-order valence-corrected chi connectivity index (χ3v) is 6.48. The lowest BCUT2D eigenvalue weighted by molar-refractivity contribution is -0.113. The van der Waals surface area contributed by atoms with Crippen molar-refractivity contribution in [1.29, 1.82) is 0 Å². The standard InChI is InChI=1S/C23H17Cl3N4OS/c1-14-2-4-15(5-3-14)22-28-29-23(30(22)18-9-6-16(24)7-10-18)32-13-21(31)27-17-8-11-19(25)20(26)12-17/h2-12H,13H2,1H3,(H,27,31). The van der Waals surface area contributed by atoms with Gasteiger partial charge in [0.1, 0.15) is 0 Å². The van der Waals surface area contributed by atoms with E-state index < -0.39 is 0 Å². The van der Waals surface area contributed by atoms with Crippen LogP contribution < -0.4 is 5.32 Å². The number of nitrogens with zero attached hydrogens (tertiary/aromatic N) is 3. The molecule has 0 saturated carbocycles. The molecule has 0 bridgehead atoms. The molecule has 1 N–H and O–H groups in total. The van der Waals surface area contributed by atoms with Crippen LogP contribution in [0.1, 0.15) is 5.56 Å². The number of amides is 1. The molecule has 3 aromatic carbocycles. The van der Waals surface area contributed by atoms with Gasteiger partial charge in [-0.25, -0.2) is 0 Å². The zero-order valence-corrected chi connectivity index (χ0v) is 19.9. The number of aryl methyl sites for hydroxylation is 1. The van der Waals surface area contributed by atoms with Crippen molar-refractivity contribution in [2.75, 3.05) is 11.1 Å². The maximum Gasteiger partial charge on any atom is 0.234 e. The van der Waals surface area contributed by atoms with E-state index in [-0.39, 0.29) is 11.7 Å². The van der Waals surface area contributed by atoms with Gasteiger partial charge in [0.15, 0.2) is 11.0 Å². The lowest BCUT2D eigenvalue weighted by Gasteiger charge is -2.11. The molecule has 0 atom stereocenters. The zero-order chi connectivity index (χ0) is 22.7. The SMILES string of the molecule is Cc1ccc(-c2nnc(SCC(=O)Nc3ccc(Cl)c(Cl)c3)n2-c2ccc(Cl)cc2)cc1. The van der Waals surface area contributed by atoms with Gasteiger partial charge in [0, 0.05) is 22.0 Å². The topological polar surface area (TPSA) is 59.8 Å². The maximum atomic E-state index is 12.5. The molecule has 0 aliphatic rings. The van der Waals surface area contributed by atoms with E-state index in [2.05, 4.69) is 15.5 Å². The Balaban J connectivity index is 1.59. The molecule has 5 nitrogen and oxygen atoms in total. The van der Waals surface area contributed by atoms with Crippen LogP contribution in [0, 0.1) is 6.92 Å². The van der Waals surface area contributed by atoms with Crippen molar-refractivity contribution in [2.45, 2.75) is 12.1 Å². The molecule has 0 aliphatic carbocycles. The Kier molecular flexibility index (Phi) is 7.06. The van der Waals surface area contributed by atoms with E-state index in [0.717, 1.165) is 16.8 Å². The van der Waals surface area contributed by atoms with Crippen molar-refractivity contribution in [2.24, 2.45) is 0 Å². The maximum absolute atomic E-state index is 12.5. The molecule has 162 valence electrons. The summed E-state index contributed by atoms with van der Waals surface area (Å²) in [5.41, 5.74) is 3.50. The summed E-state index contributed by atoms with van der Waals surface area (Å²) in [4.78, 5) is 12.5. The fraction of sp³-hybridized carbons (Fsp3) is 0.0870. The van der Waals surface area contributed by atoms with E-state index in [4.69, 9.17) is 34.8 Å². The van der Waals surface area contributed by atoms with Gasteiger partial charge >= 0.3 is 0 Å². The molecule has 4 rings (SSSR count). The molecule has 9 heteroatoms. The minimum absolute atomic E-state index is 0.139. The number of rotatable bonds is 6. The largest absolute Gasteiger partial charge is 0.325 e. The van der Waals surface area contributed by atoms with Gasteiger partial charge in [-0.3, -0.25) is 9.36 Å². The fourth-order valence-corrected chi connectivity index (χ4v) is 4.15. The first-order valence-electron chi connectivity index (χ1n) is 9.57. The Morgan fingerprint density at radius 1 is 0.938 bits per heavy atom. The van der Waals surface area contributed by atoms with Gasteiger partial charge in [0.2, 0.25) is 5.91 Å². The predicted molar refractivity (Wildman–Crippen MR) is 132 cm³/mol. The first-order chi connectivity index (χ1) is 15.4. The smallest absolute Gasteiger partial charge is 0.234 e. The van der Waals surface area contributed by atoms with Crippen LogP contribution in [0.15, 0.2) is 71.9 Å². The summed E-state index contributed by atoms with van der Waals surface area (Å²) in [6, 6.07) is 20.4. The van der Waals surface area contributed by atoms with Crippen LogP contribution in [-0.2, 0) is 4.79 Å². The van der Waals surface area contributed by atoms with Crippen LogP contribution in [0.4, 0.5) is 5.69 Å². The number of halogens is 3. The molecule has 0 saturated heterocycles. The Hall–Kier alpha value is -2.51. The van der Waals surface area contributed by atoms with E-state index >= 15 is 0 Å². The molecule has 0 spiro atoms. The number of benzene rings is 3. The monoisotopic (exact) mass is 502 g/mol. The highest BCUT2D eigenvalue weighted by Gasteiger charge is 2.17. The van der Waals surface area contributed by atoms with Gasteiger partial charge in [-0.15, -0.1) is 10.2 Å². The normalized spacial score (nSPS) is 10.9. The third-order valence-electron chi connectivity index (χ3n) is 4.56. The predicted octanol–water partition coefficient (Wildman–Crippen LogP) is 6.93. The van der Waals surface area contributed by atoms with E-state index in [0.29, 0.717) is 31.7 Å². The van der Waals surface area contributed by atoms with Crippen molar-refractivity contribution in [1.82, 2.24) is 14.8 Å². The molecule has 0 radical (unpaired) electrons. The van der Waals surface area contributed by atoms with E-state index in [1.165, 1.54) is 11.8 Å². The van der Waals surface area contributed by atoms with E-state index in [1.54, 1.807) is 30.3 Å². The van der Waals surface area contributed by atoms with Crippen molar-refractivity contribution in [3.05, 3.63) is 87.4 Å². The molecule has 1 aromatic heterocycles. The van der Waals surface area contributed by atoms with Crippen molar-refractivity contribution in [3.63, 3.8) is 0 Å². The molecule has 0 aliphatic heterocycles. The number of carbonyl (C=O) groups is 1. The summed E-state index contributed by atoms with van der Waals surface area (Å²) < 4.78 is 1.91. The second-order valence-electron chi connectivity index (χ2n) is 6.95. The van der Waals surface area contributed by atoms with Crippen molar-refractivity contribution in [3.8, 4) is 17.1 Å². The summed E-state index contributed by atoms with van der Waals surface area (Å²) in [5, 5.41) is 13.6. The first kappa shape index (κ1) is 22.7. The number of nitrogens with one attached hydrogen (secondary N) is 1. The molecule has 0 unspecified atom stereocenters. The molecule has 0 fully saturated rings. The second kappa shape index (κ2) is 9.96. The lowest BCUT2D eigenvalue weighted by Crippen LogP contribution is -2.14. The zero-order valence-electron chi connectivity index (χ0n) is 16.8. The summed E-state index contributed by atoms with van der Waals surface area (Å²) in [5.74, 6) is 0.621. The van der Waals surface area contributed by atoms with Crippen LogP contribution in [0.2, 0.25) is 15.1 Å². The van der Waals surface area contributed by atoms with Crippen LogP contribution in [-0.4, -0.2) is 26.4 Å². The van der Waals surface area contributed by atoms with Gasteiger partial charge in [0.25, 0.3) is 0 Å². The minimum Gasteiger partial charge on any atom is -0.325 e. The molecule has 32 heavy (non-hydrogen) atoms. The number of aromatic nitrogens is 3. The van der Waals surface area contributed by atoms with Crippen LogP contribution in [0.5, 0.6) is 0 Å². The molecular formula is C23H17Cl3N4OS. The second-order valence-corrected chi connectivity index (χ2v) is 9.14. The van der Waals surface area contributed by atoms with Gasteiger partial charge < -0.3 is 5.32 Å². The van der Waals surface area contributed by atoms with Crippen LogP contribution in [0.3, 0.4) is 0 Å². The van der Waals surface area contributed by atoms with Crippen molar-refractivity contribution >= 4 is 58.2 Å². The average Bonchev–Trinajstić information content (AvgIpc) is 3.20. The van der Waals surface area contributed by atoms with Gasteiger partial charge in [-0.05, 0) is 49.4 Å². The lowest BCUT2D eigenvalue weighted by atomic mass is 10.1. The van der Waals surface area contributed by atoms with Gasteiger partial charge in [-0.1, -0.05) is 76.4 Å². The Morgan fingerprint density at radius 3 is 2.34 bits per heavy atom. The highest BCUT2D eigenvalue weighted by atomic mass is 35.5. The highest BCUT2D eigenvalue weighted by Crippen LogP contribution is 2.29. The van der Waals surface area contributed by atoms with Gasteiger partial charge in [0.05, 0.1) is 15.8 Å². The van der Waals surface area contributed by atoms with Crippen molar-refractivity contribution < 1.29 is 4.79 Å². The van der Waals surface area contributed by atoms with Gasteiger partial charge in [-0.2, -0.15) is 0 Å². The van der Waals surface area contributed by atoms with Crippen LogP contribution >= 0.6 is 46.6 Å². The highest BCUT2D eigenvalue weighted by molar-refractivity contribution is 7.99. The fourth-order valence-electron chi connectivity index (χ4n) is 2.98. The van der Waals surface area contributed by atoms with E-state index in [1.807, 2.05) is 47.9 Å². The third kappa shape index (κ3) is 5.27. The first-order valence-corrected chi connectivity index (χ1v) is 11.7. The summed E-state index contributed by atoms with van der Waals surface area (Å²) >= 11 is 19.3.